The molecule has 126 valence electrons. The van der Waals surface area contributed by atoms with Crippen LogP contribution in [0, 0.1) is 0 Å². The largest absolute Gasteiger partial charge is 0.484 e. The number of hydrogen-bond acceptors (Lipinski definition) is 4. The first kappa shape index (κ1) is 16.3. The third kappa shape index (κ3) is 4.03. The molecule has 7 nitrogen and oxygen atoms in total. The minimum absolute atomic E-state index is 0.192. The van der Waals surface area contributed by atoms with Crippen molar-refractivity contribution in [2.45, 2.75) is 0 Å². The number of amides is 2. The van der Waals surface area contributed by atoms with Crippen molar-refractivity contribution in [1.29, 1.82) is 0 Å². The summed E-state index contributed by atoms with van der Waals surface area (Å²) in [5.41, 5.74) is 6.88. The Kier molecular flexibility index (Phi) is 4.75. The highest BCUT2D eigenvalue weighted by Crippen LogP contribution is 2.17. The maximum Gasteiger partial charge on any atom is 0.274 e. The number of primary amides is 1. The van der Waals surface area contributed by atoms with E-state index in [4.69, 9.17) is 10.5 Å². The van der Waals surface area contributed by atoms with Gasteiger partial charge in [-0.25, -0.2) is 4.98 Å². The molecule has 0 radical (unpaired) electrons. The first-order valence-electron chi connectivity index (χ1n) is 7.54. The molecule has 7 heteroatoms. The molecule has 0 aliphatic carbocycles. The maximum absolute atomic E-state index is 12.5. The number of aromatic nitrogens is 2. The van der Waals surface area contributed by atoms with E-state index in [0.29, 0.717) is 17.1 Å². The molecule has 0 fully saturated rings. The Morgan fingerprint density at radius 1 is 1.08 bits per heavy atom. The summed E-state index contributed by atoms with van der Waals surface area (Å²) in [6.07, 6.45) is 3.09. The lowest BCUT2D eigenvalue weighted by atomic mass is 10.2. The zero-order valence-corrected chi connectivity index (χ0v) is 13.3. The quantitative estimate of drug-likeness (QED) is 0.719. The molecule has 2 amide bonds. The number of carbonyl (C=O) groups is 2. The molecule has 3 N–H and O–H groups in total. The maximum atomic E-state index is 12.5. The number of imidazole rings is 1. The first-order chi connectivity index (χ1) is 12.1. The number of hydrogen-bond donors (Lipinski definition) is 2. The fourth-order valence-electron chi connectivity index (χ4n) is 2.24. The molecule has 25 heavy (non-hydrogen) atoms. The van der Waals surface area contributed by atoms with Crippen LogP contribution in [0.2, 0.25) is 0 Å². The van der Waals surface area contributed by atoms with Crippen LogP contribution in [0.4, 0.5) is 5.69 Å². The highest BCUT2D eigenvalue weighted by molar-refractivity contribution is 6.03. The van der Waals surface area contributed by atoms with E-state index in [1.807, 2.05) is 30.3 Å². The average Bonchev–Trinajstić information content (AvgIpc) is 3.12. The molecular weight excluding hydrogens is 320 g/mol. The van der Waals surface area contributed by atoms with Gasteiger partial charge in [0.15, 0.2) is 6.61 Å². The van der Waals surface area contributed by atoms with E-state index < -0.39 is 5.91 Å². The van der Waals surface area contributed by atoms with E-state index in [0.717, 1.165) is 5.69 Å². The van der Waals surface area contributed by atoms with Crippen LogP contribution in [0.1, 0.15) is 10.5 Å². The number of rotatable bonds is 6. The van der Waals surface area contributed by atoms with Gasteiger partial charge in [0.25, 0.3) is 11.8 Å². The van der Waals surface area contributed by atoms with Gasteiger partial charge in [0.05, 0.1) is 12.5 Å². The molecule has 1 heterocycles. The summed E-state index contributed by atoms with van der Waals surface area (Å²) in [6.45, 7) is -0.192. The van der Waals surface area contributed by atoms with E-state index in [2.05, 4.69) is 10.3 Å². The Morgan fingerprint density at radius 2 is 1.80 bits per heavy atom. The van der Waals surface area contributed by atoms with Crippen LogP contribution in [0.3, 0.4) is 0 Å². The first-order valence-corrected chi connectivity index (χ1v) is 7.54. The van der Waals surface area contributed by atoms with Crippen LogP contribution in [0.25, 0.3) is 5.69 Å². The SMILES string of the molecule is NC(=O)COc1ccc(NC(=O)c2cncn2-c2ccccc2)cc1. The second kappa shape index (κ2) is 7.31. The number of para-hydroxylation sites is 1. The van der Waals surface area contributed by atoms with Gasteiger partial charge in [-0.15, -0.1) is 0 Å². The lowest BCUT2D eigenvalue weighted by Crippen LogP contribution is -2.20. The highest BCUT2D eigenvalue weighted by atomic mass is 16.5. The zero-order valence-electron chi connectivity index (χ0n) is 13.3. The smallest absolute Gasteiger partial charge is 0.274 e. The fourth-order valence-corrected chi connectivity index (χ4v) is 2.24. The van der Waals surface area contributed by atoms with Gasteiger partial charge < -0.3 is 15.8 Å². The summed E-state index contributed by atoms with van der Waals surface area (Å²) in [7, 11) is 0. The third-order valence-corrected chi connectivity index (χ3v) is 3.40. The van der Waals surface area contributed by atoms with Gasteiger partial charge in [-0.05, 0) is 36.4 Å². The molecule has 0 unspecified atom stereocenters. The van der Waals surface area contributed by atoms with Crippen LogP contribution in [0.5, 0.6) is 5.75 Å². The van der Waals surface area contributed by atoms with Gasteiger partial charge in [-0.1, -0.05) is 18.2 Å². The summed E-state index contributed by atoms with van der Waals surface area (Å²) < 4.78 is 6.88. The van der Waals surface area contributed by atoms with Crippen LogP contribution in [-0.2, 0) is 4.79 Å². The second-order valence-electron chi connectivity index (χ2n) is 5.22. The highest BCUT2D eigenvalue weighted by Gasteiger charge is 2.13. The van der Waals surface area contributed by atoms with Crippen molar-refractivity contribution in [3.63, 3.8) is 0 Å². The topological polar surface area (TPSA) is 99.2 Å². The number of nitrogens with zero attached hydrogens (tertiary/aromatic N) is 2. The molecule has 0 atom stereocenters. The third-order valence-electron chi connectivity index (χ3n) is 3.40. The van der Waals surface area contributed by atoms with Crippen molar-refractivity contribution in [3.05, 3.63) is 72.8 Å². The Morgan fingerprint density at radius 3 is 2.48 bits per heavy atom. The molecule has 3 aromatic rings. The zero-order chi connectivity index (χ0) is 17.6. The number of ether oxygens (including phenoxy) is 1. The van der Waals surface area contributed by atoms with Gasteiger partial charge in [0.2, 0.25) is 0 Å². The van der Waals surface area contributed by atoms with Crippen molar-refractivity contribution in [2.24, 2.45) is 5.73 Å². The summed E-state index contributed by atoms with van der Waals surface area (Å²) in [4.78, 5) is 27.3. The van der Waals surface area contributed by atoms with E-state index in [1.54, 1.807) is 35.2 Å². The molecule has 0 saturated carbocycles. The predicted octanol–water partition coefficient (Wildman–Crippen LogP) is 1.99. The van der Waals surface area contributed by atoms with Crippen LogP contribution in [0.15, 0.2) is 67.1 Å². The Balaban J connectivity index is 1.71. The van der Waals surface area contributed by atoms with Crippen molar-refractivity contribution < 1.29 is 14.3 Å². The van der Waals surface area contributed by atoms with E-state index in [9.17, 15) is 9.59 Å². The molecule has 0 aliphatic rings. The molecule has 2 aromatic carbocycles. The number of nitrogens with two attached hydrogens (primary N) is 1. The van der Waals surface area contributed by atoms with Crippen molar-refractivity contribution in [1.82, 2.24) is 9.55 Å². The lowest BCUT2D eigenvalue weighted by molar-refractivity contribution is -0.119. The Bertz CT molecular complexity index is 873. The molecule has 0 aliphatic heterocycles. The molecule has 0 spiro atoms. The van der Waals surface area contributed by atoms with Crippen LogP contribution in [-0.4, -0.2) is 28.0 Å². The molecule has 0 bridgehead atoms. The Hall–Kier alpha value is -3.61. The summed E-state index contributed by atoms with van der Waals surface area (Å²) in [6, 6.07) is 16.1. The van der Waals surface area contributed by atoms with Crippen LogP contribution < -0.4 is 15.8 Å². The number of anilines is 1. The average molecular weight is 336 g/mol. The predicted molar refractivity (Wildman–Crippen MR) is 92.6 cm³/mol. The number of nitrogens with one attached hydrogen (secondary N) is 1. The molecule has 0 saturated heterocycles. The molecule has 3 rings (SSSR count). The number of benzene rings is 2. The second-order valence-corrected chi connectivity index (χ2v) is 5.22. The lowest BCUT2D eigenvalue weighted by Gasteiger charge is -2.09. The minimum Gasteiger partial charge on any atom is -0.484 e. The monoisotopic (exact) mass is 336 g/mol. The van der Waals surface area contributed by atoms with Crippen LogP contribution >= 0.6 is 0 Å². The molecule has 1 aromatic heterocycles. The van der Waals surface area contributed by atoms with E-state index in [-0.39, 0.29) is 12.5 Å². The standard InChI is InChI=1S/C18H16N4O3/c19-17(23)11-25-15-8-6-13(7-9-15)21-18(24)16-10-20-12-22(16)14-4-2-1-3-5-14/h1-10,12H,11H2,(H2,19,23)(H,21,24). The fraction of sp³-hybridized carbons (Fsp3) is 0.0556. The van der Waals surface area contributed by atoms with E-state index in [1.165, 1.54) is 6.20 Å². The normalized spacial score (nSPS) is 10.2. The summed E-state index contributed by atoms with van der Waals surface area (Å²) >= 11 is 0. The van der Waals surface area contributed by atoms with Crippen molar-refractivity contribution in [3.8, 4) is 11.4 Å². The van der Waals surface area contributed by atoms with Gasteiger partial charge in [0.1, 0.15) is 11.4 Å². The minimum atomic E-state index is -0.549. The van der Waals surface area contributed by atoms with Crippen molar-refractivity contribution >= 4 is 17.5 Å². The van der Waals surface area contributed by atoms with E-state index >= 15 is 0 Å². The molecular formula is C18H16N4O3. The van der Waals surface area contributed by atoms with Gasteiger partial charge in [-0.2, -0.15) is 0 Å². The number of carbonyl (C=O) groups excluding carboxylic acids is 2. The Labute approximate surface area is 144 Å². The summed E-state index contributed by atoms with van der Waals surface area (Å²) in [5.74, 6) is -0.343. The summed E-state index contributed by atoms with van der Waals surface area (Å²) in [5, 5.41) is 2.80. The van der Waals surface area contributed by atoms with Gasteiger partial charge in [0, 0.05) is 11.4 Å². The van der Waals surface area contributed by atoms with Gasteiger partial charge >= 0.3 is 0 Å². The van der Waals surface area contributed by atoms with Gasteiger partial charge in [-0.3, -0.25) is 14.2 Å². The van der Waals surface area contributed by atoms with Crippen molar-refractivity contribution in [2.75, 3.05) is 11.9 Å².